The largest absolute Gasteiger partial charge is 0.339 e. The molecule has 114 valence electrons. The zero-order chi connectivity index (χ0) is 15.5. The number of hydrogen-bond donors (Lipinski definition) is 1. The summed E-state index contributed by atoms with van der Waals surface area (Å²) in [7, 11) is 0. The average Bonchev–Trinajstić information content (AvgIpc) is 3.16. The Hall–Kier alpha value is -2.35. The molecule has 1 saturated heterocycles. The van der Waals surface area contributed by atoms with E-state index < -0.39 is 0 Å². The maximum absolute atomic E-state index is 12.4. The van der Waals surface area contributed by atoms with E-state index in [9.17, 15) is 9.59 Å². The molecule has 22 heavy (non-hydrogen) atoms. The molecule has 2 amide bonds. The van der Waals surface area contributed by atoms with Gasteiger partial charge in [-0.15, -0.1) is 0 Å². The van der Waals surface area contributed by atoms with Crippen LogP contribution < -0.4 is 5.32 Å². The highest BCUT2D eigenvalue weighted by atomic mass is 16.2. The van der Waals surface area contributed by atoms with E-state index in [1.807, 2.05) is 4.90 Å². The van der Waals surface area contributed by atoms with E-state index in [1.165, 1.54) is 12.8 Å². The van der Waals surface area contributed by atoms with Gasteiger partial charge in [0.25, 0.3) is 0 Å². The second-order valence-electron chi connectivity index (χ2n) is 6.03. The summed E-state index contributed by atoms with van der Waals surface area (Å²) in [6.45, 7) is 0.504. The van der Waals surface area contributed by atoms with E-state index in [1.54, 1.807) is 24.3 Å². The van der Waals surface area contributed by atoms with Crippen molar-refractivity contribution in [3.63, 3.8) is 0 Å². The zero-order valence-corrected chi connectivity index (χ0v) is 12.4. The summed E-state index contributed by atoms with van der Waals surface area (Å²) in [4.78, 5) is 26.4. The van der Waals surface area contributed by atoms with Gasteiger partial charge in [-0.2, -0.15) is 5.26 Å². The molecule has 0 radical (unpaired) electrons. The van der Waals surface area contributed by atoms with E-state index in [-0.39, 0.29) is 24.2 Å². The van der Waals surface area contributed by atoms with Gasteiger partial charge in [-0.3, -0.25) is 9.59 Å². The van der Waals surface area contributed by atoms with Crippen molar-refractivity contribution >= 4 is 17.5 Å². The lowest BCUT2D eigenvalue weighted by Crippen LogP contribution is -2.35. The van der Waals surface area contributed by atoms with Crippen molar-refractivity contribution in [2.24, 2.45) is 5.92 Å². The van der Waals surface area contributed by atoms with Crippen LogP contribution in [-0.4, -0.2) is 29.3 Å². The molecule has 1 N–H and O–H groups in total. The summed E-state index contributed by atoms with van der Waals surface area (Å²) >= 11 is 0. The molecular formula is C17H19N3O2. The minimum absolute atomic E-state index is 0.0839. The second kappa shape index (κ2) is 6.18. The third-order valence-electron chi connectivity index (χ3n) is 4.60. The number of carbonyl (C=O) groups excluding carboxylic acids is 2. The lowest BCUT2D eigenvalue weighted by atomic mass is 10.1. The number of carbonyl (C=O) groups is 2. The van der Waals surface area contributed by atoms with Crippen molar-refractivity contribution in [1.29, 1.82) is 5.26 Å². The number of hydrogen-bond acceptors (Lipinski definition) is 3. The van der Waals surface area contributed by atoms with Crippen molar-refractivity contribution in [2.75, 3.05) is 11.9 Å². The van der Waals surface area contributed by atoms with E-state index >= 15 is 0 Å². The smallest absolute Gasteiger partial charge is 0.229 e. The molecule has 1 aromatic rings. The number of anilines is 1. The van der Waals surface area contributed by atoms with Gasteiger partial charge in [0.15, 0.2) is 0 Å². The normalized spacial score (nSPS) is 21.9. The second-order valence-corrected chi connectivity index (χ2v) is 6.03. The van der Waals surface area contributed by atoms with Crippen LogP contribution >= 0.6 is 0 Å². The third kappa shape index (κ3) is 2.82. The SMILES string of the molecule is N#Cc1ccccc1NC(=O)[C@H]1CC(=O)N(C2CCCC2)C1. The van der Waals surface area contributed by atoms with Gasteiger partial charge in [0.2, 0.25) is 11.8 Å². The van der Waals surface area contributed by atoms with E-state index in [4.69, 9.17) is 5.26 Å². The third-order valence-corrected chi connectivity index (χ3v) is 4.60. The number of para-hydroxylation sites is 1. The van der Waals surface area contributed by atoms with E-state index in [2.05, 4.69) is 11.4 Å². The van der Waals surface area contributed by atoms with Gasteiger partial charge in [-0.05, 0) is 25.0 Å². The number of nitrogens with zero attached hydrogens (tertiary/aromatic N) is 2. The fourth-order valence-electron chi connectivity index (χ4n) is 3.40. The molecule has 3 rings (SSSR count). The first kappa shape index (κ1) is 14.6. The molecule has 1 saturated carbocycles. The summed E-state index contributed by atoms with van der Waals surface area (Å²) in [6, 6.07) is 9.29. The summed E-state index contributed by atoms with van der Waals surface area (Å²) in [6.07, 6.45) is 4.72. The van der Waals surface area contributed by atoms with Gasteiger partial charge in [0.05, 0.1) is 17.2 Å². The number of nitrogens with one attached hydrogen (secondary N) is 1. The molecule has 0 bridgehead atoms. The Morgan fingerprint density at radius 2 is 2.00 bits per heavy atom. The summed E-state index contributed by atoms with van der Waals surface area (Å²) < 4.78 is 0. The highest BCUT2D eigenvalue weighted by molar-refractivity contribution is 5.98. The number of amides is 2. The molecule has 1 aliphatic carbocycles. The van der Waals surface area contributed by atoms with Crippen LogP contribution in [0.25, 0.3) is 0 Å². The minimum atomic E-state index is -0.320. The predicted octanol–water partition coefficient (Wildman–Crippen LogP) is 2.29. The first-order valence-electron chi connectivity index (χ1n) is 7.78. The summed E-state index contributed by atoms with van der Waals surface area (Å²) in [5.74, 6) is -0.406. The van der Waals surface area contributed by atoms with E-state index in [0.717, 1.165) is 12.8 Å². The highest BCUT2D eigenvalue weighted by Gasteiger charge is 2.38. The standard InChI is InChI=1S/C17H19N3O2/c18-10-12-5-1-4-8-15(12)19-17(22)13-9-16(21)20(11-13)14-6-2-3-7-14/h1,4-5,8,13-14H,2-3,6-7,9,11H2,(H,19,22)/t13-/m0/s1. The van der Waals surface area contributed by atoms with Gasteiger partial charge in [0, 0.05) is 19.0 Å². The summed E-state index contributed by atoms with van der Waals surface area (Å²) in [5, 5.41) is 11.9. The van der Waals surface area contributed by atoms with Gasteiger partial charge in [-0.25, -0.2) is 0 Å². The number of benzene rings is 1. The van der Waals surface area contributed by atoms with Crippen molar-refractivity contribution in [2.45, 2.75) is 38.1 Å². The molecule has 5 heteroatoms. The molecule has 5 nitrogen and oxygen atoms in total. The average molecular weight is 297 g/mol. The Labute approximate surface area is 129 Å². The van der Waals surface area contributed by atoms with Gasteiger partial charge < -0.3 is 10.2 Å². The molecule has 1 aliphatic heterocycles. The van der Waals surface area contributed by atoms with Crippen molar-refractivity contribution < 1.29 is 9.59 Å². The van der Waals surface area contributed by atoms with Gasteiger partial charge >= 0.3 is 0 Å². The first-order valence-corrected chi connectivity index (χ1v) is 7.78. The Kier molecular flexibility index (Phi) is 4.10. The van der Waals surface area contributed by atoms with Crippen LogP contribution in [-0.2, 0) is 9.59 Å². The highest BCUT2D eigenvalue weighted by Crippen LogP contribution is 2.30. The monoisotopic (exact) mass is 297 g/mol. The maximum Gasteiger partial charge on any atom is 0.229 e. The molecule has 1 heterocycles. The van der Waals surface area contributed by atoms with Crippen LogP contribution in [0.5, 0.6) is 0 Å². The van der Waals surface area contributed by atoms with E-state index in [0.29, 0.717) is 23.8 Å². The number of rotatable bonds is 3. The molecule has 1 atom stereocenters. The lowest BCUT2D eigenvalue weighted by molar-refractivity contribution is -0.129. The summed E-state index contributed by atoms with van der Waals surface area (Å²) in [5.41, 5.74) is 0.953. The van der Waals surface area contributed by atoms with Crippen LogP contribution in [0.2, 0.25) is 0 Å². The van der Waals surface area contributed by atoms with Crippen LogP contribution in [0.1, 0.15) is 37.7 Å². The zero-order valence-electron chi connectivity index (χ0n) is 12.4. The van der Waals surface area contributed by atoms with Crippen molar-refractivity contribution in [1.82, 2.24) is 4.90 Å². The first-order chi connectivity index (χ1) is 10.7. The number of nitriles is 1. The Morgan fingerprint density at radius 1 is 1.27 bits per heavy atom. The van der Waals surface area contributed by atoms with Crippen LogP contribution in [0.15, 0.2) is 24.3 Å². The van der Waals surface area contributed by atoms with Crippen LogP contribution in [0, 0.1) is 17.2 Å². The Morgan fingerprint density at radius 3 is 2.73 bits per heavy atom. The van der Waals surface area contributed by atoms with Gasteiger partial charge in [-0.1, -0.05) is 25.0 Å². The van der Waals surface area contributed by atoms with Crippen LogP contribution in [0.3, 0.4) is 0 Å². The molecular weight excluding hydrogens is 278 g/mol. The van der Waals surface area contributed by atoms with Crippen molar-refractivity contribution in [3.05, 3.63) is 29.8 Å². The fourth-order valence-corrected chi connectivity index (χ4v) is 3.40. The topological polar surface area (TPSA) is 73.2 Å². The molecule has 0 spiro atoms. The fraction of sp³-hybridized carbons (Fsp3) is 0.471. The quantitative estimate of drug-likeness (QED) is 0.930. The molecule has 2 fully saturated rings. The maximum atomic E-state index is 12.4. The van der Waals surface area contributed by atoms with Crippen molar-refractivity contribution in [3.8, 4) is 6.07 Å². The van der Waals surface area contributed by atoms with Crippen LogP contribution in [0.4, 0.5) is 5.69 Å². The lowest BCUT2D eigenvalue weighted by Gasteiger charge is -2.23. The number of likely N-dealkylation sites (tertiary alicyclic amines) is 1. The molecule has 2 aliphatic rings. The Balaban J connectivity index is 1.66. The minimum Gasteiger partial charge on any atom is -0.339 e. The molecule has 0 aromatic heterocycles. The molecule has 1 aromatic carbocycles. The molecule has 0 unspecified atom stereocenters. The van der Waals surface area contributed by atoms with Gasteiger partial charge in [0.1, 0.15) is 6.07 Å². The Bertz CT molecular complexity index is 629. The predicted molar refractivity (Wildman–Crippen MR) is 81.9 cm³/mol.